The predicted molar refractivity (Wildman–Crippen MR) is 325 cm³/mol. The lowest BCUT2D eigenvalue weighted by molar-refractivity contribution is -0.166. The fourth-order valence-corrected chi connectivity index (χ4v) is 8.36. The lowest BCUT2D eigenvalue weighted by atomic mass is 10.0. The quantitative estimate of drug-likeness (QED) is 0.0261. The molecule has 6 heteroatoms. The number of carbonyl (C=O) groups excluding carboxylic acids is 3. The van der Waals surface area contributed by atoms with Crippen LogP contribution in [0, 0.1) is 0 Å². The summed E-state index contributed by atoms with van der Waals surface area (Å²) in [5, 5.41) is 0. The van der Waals surface area contributed by atoms with E-state index in [-0.39, 0.29) is 44.0 Å². The van der Waals surface area contributed by atoms with Crippen LogP contribution in [0.25, 0.3) is 0 Å². The summed E-state index contributed by atoms with van der Waals surface area (Å²) in [5.74, 6) is -1.02. The molecule has 0 aromatic carbocycles. The molecule has 0 saturated carbocycles. The van der Waals surface area contributed by atoms with Crippen molar-refractivity contribution in [2.45, 2.75) is 284 Å². The second-order valence-electron chi connectivity index (χ2n) is 20.2. The zero-order chi connectivity index (χ0) is 54.3. The third-order valence-corrected chi connectivity index (χ3v) is 12.9. The van der Waals surface area contributed by atoms with E-state index in [0.717, 1.165) is 109 Å². The first-order valence-electron chi connectivity index (χ1n) is 31.0. The van der Waals surface area contributed by atoms with Gasteiger partial charge < -0.3 is 14.2 Å². The highest BCUT2D eigenvalue weighted by Gasteiger charge is 2.19. The molecule has 0 heterocycles. The Bertz CT molecular complexity index is 1570. The molecule has 0 spiro atoms. The molecular weight excluding hydrogens is 925 g/mol. The molecule has 0 amide bonds. The maximum absolute atomic E-state index is 12.9. The molecule has 0 aliphatic heterocycles. The Hall–Kier alpha value is -4.19. The van der Waals surface area contributed by atoms with Crippen molar-refractivity contribution >= 4 is 17.9 Å². The lowest BCUT2D eigenvalue weighted by Gasteiger charge is -2.18. The Balaban J connectivity index is 4.34. The Morgan fingerprint density at radius 3 is 0.893 bits per heavy atom. The van der Waals surface area contributed by atoms with Crippen LogP contribution >= 0.6 is 0 Å². The van der Waals surface area contributed by atoms with Crippen LogP contribution < -0.4 is 0 Å². The minimum absolute atomic E-state index is 0.112. The van der Waals surface area contributed by atoms with Gasteiger partial charge in [0, 0.05) is 19.3 Å². The third-order valence-electron chi connectivity index (χ3n) is 12.9. The van der Waals surface area contributed by atoms with Crippen LogP contribution in [0.4, 0.5) is 0 Å². The second kappa shape index (κ2) is 62.4. The zero-order valence-electron chi connectivity index (χ0n) is 48.8. The minimum atomic E-state index is -0.823. The maximum atomic E-state index is 12.9. The summed E-state index contributed by atoms with van der Waals surface area (Å²) < 4.78 is 16.8. The van der Waals surface area contributed by atoms with Crippen LogP contribution in [-0.2, 0) is 28.6 Å². The Morgan fingerprint density at radius 1 is 0.280 bits per heavy atom. The molecule has 0 radical (unpaired) electrons. The standard InChI is InChI=1S/C69H114O6/c1-4-7-10-13-16-19-22-25-27-29-30-31-32-33-34-35-36-37-38-40-41-44-47-50-53-56-59-62-68(71)74-65-66(64-73-67(70)61-58-55-52-49-46-43-24-21-18-15-12-9-6-3)75-69(72)63-60-57-54-51-48-45-42-39-28-26-23-20-17-14-11-8-5-2/h8-9,11-12,17-18,20-22,25-26,28-30,42-43,45-46,52,55,66H,4-7,10,13-16,19,23-24,27,31-41,44,47-51,53-54,56-65H2,1-3H3/b11-8-,12-9-,20-17-,21-18-,25-22-,28-26-,30-29-,45-42-,46-43-,55-52-. The van der Waals surface area contributed by atoms with Gasteiger partial charge in [0.2, 0.25) is 0 Å². The van der Waals surface area contributed by atoms with Crippen molar-refractivity contribution in [3.63, 3.8) is 0 Å². The summed E-state index contributed by atoms with van der Waals surface area (Å²) in [4.78, 5) is 38.2. The van der Waals surface area contributed by atoms with E-state index in [2.05, 4.69) is 130 Å². The number of allylic oxidation sites excluding steroid dienone is 20. The van der Waals surface area contributed by atoms with E-state index >= 15 is 0 Å². The second-order valence-corrected chi connectivity index (χ2v) is 20.2. The van der Waals surface area contributed by atoms with Gasteiger partial charge in [-0.15, -0.1) is 0 Å². The van der Waals surface area contributed by atoms with E-state index in [4.69, 9.17) is 14.2 Å². The first kappa shape index (κ1) is 70.8. The summed E-state index contributed by atoms with van der Waals surface area (Å²) in [5.41, 5.74) is 0. The highest BCUT2D eigenvalue weighted by molar-refractivity contribution is 5.71. The van der Waals surface area contributed by atoms with Crippen molar-refractivity contribution in [3.05, 3.63) is 122 Å². The Kier molecular flexibility index (Phi) is 58.9. The summed E-state index contributed by atoms with van der Waals surface area (Å²) in [6.45, 7) is 6.32. The molecule has 0 aliphatic carbocycles. The van der Waals surface area contributed by atoms with Gasteiger partial charge in [-0.1, -0.05) is 264 Å². The highest BCUT2D eigenvalue weighted by atomic mass is 16.6. The van der Waals surface area contributed by atoms with E-state index in [9.17, 15) is 14.4 Å². The summed E-state index contributed by atoms with van der Waals surface area (Å²) >= 11 is 0. The van der Waals surface area contributed by atoms with Crippen LogP contribution in [-0.4, -0.2) is 37.2 Å². The zero-order valence-corrected chi connectivity index (χ0v) is 48.8. The number of unbranched alkanes of at least 4 members (excludes halogenated alkanes) is 24. The molecule has 0 aromatic heterocycles. The fourth-order valence-electron chi connectivity index (χ4n) is 8.36. The molecular formula is C69H114O6. The van der Waals surface area contributed by atoms with E-state index in [1.807, 2.05) is 12.2 Å². The van der Waals surface area contributed by atoms with Crippen LogP contribution in [0.2, 0.25) is 0 Å². The summed E-state index contributed by atoms with van der Waals surface area (Å²) in [7, 11) is 0. The van der Waals surface area contributed by atoms with Gasteiger partial charge in [-0.3, -0.25) is 14.4 Å². The predicted octanol–water partition coefficient (Wildman–Crippen LogP) is 21.2. The van der Waals surface area contributed by atoms with Crippen molar-refractivity contribution in [2.24, 2.45) is 0 Å². The first-order chi connectivity index (χ1) is 37.0. The Labute approximate surface area is 462 Å². The normalized spacial score (nSPS) is 12.9. The van der Waals surface area contributed by atoms with Crippen LogP contribution in [0.3, 0.4) is 0 Å². The largest absolute Gasteiger partial charge is 0.462 e. The molecule has 6 nitrogen and oxygen atoms in total. The molecule has 0 aromatic rings. The molecule has 0 rings (SSSR count). The molecule has 0 N–H and O–H groups in total. The van der Waals surface area contributed by atoms with Crippen molar-refractivity contribution in [2.75, 3.05) is 13.2 Å². The van der Waals surface area contributed by atoms with Crippen LogP contribution in [0.5, 0.6) is 0 Å². The van der Waals surface area contributed by atoms with Gasteiger partial charge in [0.1, 0.15) is 13.2 Å². The molecule has 1 atom stereocenters. The van der Waals surface area contributed by atoms with E-state index in [0.29, 0.717) is 12.8 Å². The van der Waals surface area contributed by atoms with E-state index in [1.165, 1.54) is 122 Å². The lowest BCUT2D eigenvalue weighted by Crippen LogP contribution is -2.30. The van der Waals surface area contributed by atoms with Gasteiger partial charge in [0.05, 0.1) is 0 Å². The number of hydrogen-bond acceptors (Lipinski definition) is 6. The SMILES string of the molecule is CC/C=C\C/C=C\C/C=C\C/C=C\CCCCCCC(=O)OC(COC(=O)CC/C=C\C/C=C\C/C=C\C/C=C\CC)COC(=O)CCCCCCCCCCCCCCCCC/C=C\C/C=C\CCCCCCC. The van der Waals surface area contributed by atoms with Gasteiger partial charge >= 0.3 is 17.9 Å². The van der Waals surface area contributed by atoms with Gasteiger partial charge in [-0.2, -0.15) is 0 Å². The van der Waals surface area contributed by atoms with Crippen molar-refractivity contribution in [1.29, 1.82) is 0 Å². The maximum Gasteiger partial charge on any atom is 0.306 e. The number of carbonyl (C=O) groups is 3. The molecule has 0 bridgehead atoms. The average Bonchev–Trinajstić information content (AvgIpc) is 3.41. The highest BCUT2D eigenvalue weighted by Crippen LogP contribution is 2.16. The molecule has 0 fully saturated rings. The number of hydrogen-bond donors (Lipinski definition) is 0. The van der Waals surface area contributed by atoms with E-state index in [1.54, 1.807) is 0 Å². The van der Waals surface area contributed by atoms with Gasteiger partial charge in [-0.05, 0) is 116 Å². The summed E-state index contributed by atoms with van der Waals surface area (Å²) in [6, 6.07) is 0. The van der Waals surface area contributed by atoms with E-state index < -0.39 is 6.10 Å². The topological polar surface area (TPSA) is 78.9 Å². The molecule has 0 saturated heterocycles. The molecule has 75 heavy (non-hydrogen) atoms. The molecule has 0 aliphatic rings. The van der Waals surface area contributed by atoms with Gasteiger partial charge in [0.25, 0.3) is 0 Å². The Morgan fingerprint density at radius 2 is 0.547 bits per heavy atom. The van der Waals surface area contributed by atoms with Crippen molar-refractivity contribution < 1.29 is 28.6 Å². The number of rotatable bonds is 55. The number of ether oxygens (including phenoxy) is 3. The van der Waals surface area contributed by atoms with Crippen molar-refractivity contribution in [1.82, 2.24) is 0 Å². The molecule has 426 valence electrons. The summed E-state index contributed by atoms with van der Waals surface area (Å²) in [6.07, 6.45) is 86.6. The number of esters is 3. The average molecular weight is 1040 g/mol. The first-order valence-corrected chi connectivity index (χ1v) is 31.0. The fraction of sp³-hybridized carbons (Fsp3) is 0.667. The minimum Gasteiger partial charge on any atom is -0.462 e. The third kappa shape index (κ3) is 60.6. The molecule has 1 unspecified atom stereocenters. The van der Waals surface area contributed by atoms with Gasteiger partial charge in [-0.25, -0.2) is 0 Å². The monoisotopic (exact) mass is 1040 g/mol. The van der Waals surface area contributed by atoms with Gasteiger partial charge in [0.15, 0.2) is 6.10 Å². The van der Waals surface area contributed by atoms with Crippen LogP contribution in [0.15, 0.2) is 122 Å². The smallest absolute Gasteiger partial charge is 0.306 e. The van der Waals surface area contributed by atoms with Crippen molar-refractivity contribution in [3.8, 4) is 0 Å². The van der Waals surface area contributed by atoms with Crippen LogP contribution in [0.1, 0.15) is 278 Å².